The Morgan fingerprint density at radius 3 is 2.56 bits per heavy atom. The van der Waals surface area contributed by atoms with Crippen molar-refractivity contribution in [3.05, 3.63) is 64.2 Å². The summed E-state index contributed by atoms with van der Waals surface area (Å²) in [5.41, 5.74) is 10.1. The molecule has 0 fully saturated rings. The van der Waals surface area contributed by atoms with Crippen LogP contribution in [0.3, 0.4) is 0 Å². The second-order valence-electron chi connectivity index (χ2n) is 7.63. The summed E-state index contributed by atoms with van der Waals surface area (Å²) in [4.78, 5) is 2.38. The molecule has 1 atom stereocenters. The number of hydrogen-bond acceptors (Lipinski definition) is 2. The van der Waals surface area contributed by atoms with E-state index in [0.717, 1.165) is 25.0 Å². The van der Waals surface area contributed by atoms with Crippen molar-refractivity contribution in [2.75, 3.05) is 21.2 Å². The van der Waals surface area contributed by atoms with Crippen LogP contribution in [0.25, 0.3) is 11.1 Å². The van der Waals surface area contributed by atoms with Gasteiger partial charge in [-0.2, -0.15) is 0 Å². The fraction of sp³-hybridized carbons (Fsp3) is 0.391. The van der Waals surface area contributed by atoms with E-state index in [1.165, 1.54) is 39.8 Å². The van der Waals surface area contributed by atoms with Crippen molar-refractivity contribution < 1.29 is 4.74 Å². The van der Waals surface area contributed by atoms with Crippen molar-refractivity contribution in [3.63, 3.8) is 0 Å². The lowest BCUT2D eigenvalue weighted by Crippen LogP contribution is -2.30. The molecule has 2 aliphatic carbocycles. The van der Waals surface area contributed by atoms with Crippen LogP contribution in [0.5, 0.6) is 5.75 Å². The van der Waals surface area contributed by atoms with Gasteiger partial charge in [0.25, 0.3) is 0 Å². The van der Waals surface area contributed by atoms with Crippen molar-refractivity contribution in [1.29, 1.82) is 0 Å². The summed E-state index contributed by atoms with van der Waals surface area (Å²) in [6, 6.07) is 14.2. The van der Waals surface area contributed by atoms with Crippen LogP contribution in [0.1, 0.15) is 47.1 Å². The first-order chi connectivity index (χ1) is 12.1. The van der Waals surface area contributed by atoms with E-state index in [1.807, 2.05) is 0 Å². The topological polar surface area (TPSA) is 12.5 Å². The fourth-order valence-electron chi connectivity index (χ4n) is 4.50. The molecule has 0 radical (unpaired) electrons. The van der Waals surface area contributed by atoms with Gasteiger partial charge in [-0.05, 0) is 91.7 Å². The molecule has 0 spiro atoms. The largest absolute Gasteiger partial charge is 0.496 e. The second kappa shape index (κ2) is 6.34. The third-order valence-electron chi connectivity index (χ3n) is 5.93. The first kappa shape index (κ1) is 16.4. The van der Waals surface area contributed by atoms with Crippen LogP contribution < -0.4 is 4.74 Å². The van der Waals surface area contributed by atoms with E-state index in [-0.39, 0.29) is 0 Å². The highest BCUT2D eigenvalue weighted by molar-refractivity contribution is 5.95. The quantitative estimate of drug-likeness (QED) is 0.772. The second-order valence-corrected chi connectivity index (χ2v) is 7.63. The van der Waals surface area contributed by atoms with Gasteiger partial charge in [0, 0.05) is 6.04 Å². The molecule has 2 aliphatic rings. The fourth-order valence-corrected chi connectivity index (χ4v) is 4.50. The van der Waals surface area contributed by atoms with Gasteiger partial charge >= 0.3 is 0 Å². The first-order valence-corrected chi connectivity index (χ1v) is 9.23. The normalized spacial score (nSPS) is 19.2. The average Bonchev–Trinajstić information content (AvgIpc) is 2.74. The zero-order chi connectivity index (χ0) is 17.6. The van der Waals surface area contributed by atoms with Gasteiger partial charge in [-0.25, -0.2) is 0 Å². The summed E-state index contributed by atoms with van der Waals surface area (Å²) < 4.78 is 5.65. The molecule has 0 heterocycles. The molecule has 25 heavy (non-hydrogen) atoms. The number of methoxy groups -OCH3 is 1. The molecule has 2 aromatic carbocycles. The summed E-state index contributed by atoms with van der Waals surface area (Å²) in [7, 11) is 6.19. The number of allylic oxidation sites excluding steroid dienone is 1. The maximum atomic E-state index is 5.65. The SMILES string of the molecule is COc1cc2c(cc1C)Cc1ccccc1C1=C2CC(N(C)C)CC1. The van der Waals surface area contributed by atoms with Gasteiger partial charge in [-0.3, -0.25) is 0 Å². The summed E-state index contributed by atoms with van der Waals surface area (Å²) in [5, 5.41) is 0. The minimum Gasteiger partial charge on any atom is -0.496 e. The summed E-state index contributed by atoms with van der Waals surface area (Å²) in [6.07, 6.45) is 4.52. The molecule has 2 heteroatoms. The van der Waals surface area contributed by atoms with E-state index in [4.69, 9.17) is 4.74 Å². The number of fused-ring (bicyclic) bond motifs is 4. The van der Waals surface area contributed by atoms with Gasteiger partial charge in [-0.15, -0.1) is 0 Å². The highest BCUT2D eigenvalue weighted by atomic mass is 16.5. The molecule has 0 bridgehead atoms. The molecule has 1 unspecified atom stereocenters. The predicted octanol–water partition coefficient (Wildman–Crippen LogP) is 4.93. The van der Waals surface area contributed by atoms with E-state index >= 15 is 0 Å². The van der Waals surface area contributed by atoms with Gasteiger partial charge in [0.2, 0.25) is 0 Å². The number of hydrogen-bond donors (Lipinski definition) is 0. The Kier molecular flexibility index (Phi) is 4.16. The van der Waals surface area contributed by atoms with E-state index in [1.54, 1.807) is 12.7 Å². The Labute approximate surface area is 151 Å². The van der Waals surface area contributed by atoms with E-state index in [0.29, 0.717) is 6.04 Å². The molecule has 0 saturated heterocycles. The smallest absolute Gasteiger partial charge is 0.122 e. The third-order valence-corrected chi connectivity index (χ3v) is 5.93. The number of rotatable bonds is 2. The Balaban J connectivity index is 1.96. The Hall–Kier alpha value is -2.06. The van der Waals surface area contributed by atoms with Gasteiger partial charge in [0.15, 0.2) is 0 Å². The minimum absolute atomic E-state index is 0.615. The third kappa shape index (κ3) is 2.79. The van der Waals surface area contributed by atoms with E-state index in [9.17, 15) is 0 Å². The number of benzene rings is 2. The Morgan fingerprint density at radius 2 is 1.80 bits per heavy atom. The van der Waals surface area contributed by atoms with Gasteiger partial charge in [0.1, 0.15) is 5.75 Å². The first-order valence-electron chi connectivity index (χ1n) is 9.23. The van der Waals surface area contributed by atoms with Crippen LogP contribution in [0.15, 0.2) is 36.4 Å². The van der Waals surface area contributed by atoms with Crippen molar-refractivity contribution in [3.8, 4) is 5.75 Å². The van der Waals surface area contributed by atoms with Crippen molar-refractivity contribution in [2.24, 2.45) is 0 Å². The standard InChI is InChI=1S/C23H27NO/c1-15-11-17-12-16-7-5-6-8-19(16)20-10-9-18(24(2)3)13-22(20)21(17)14-23(15)25-4/h5-8,11,14,18H,9-10,12-13H2,1-4H3. The Bertz CT molecular complexity index is 847. The zero-order valence-corrected chi connectivity index (χ0v) is 15.7. The molecule has 4 rings (SSSR count). The number of ether oxygens (including phenoxy) is 1. The molecule has 0 amide bonds. The highest BCUT2D eigenvalue weighted by Crippen LogP contribution is 2.45. The van der Waals surface area contributed by atoms with Gasteiger partial charge in [-0.1, -0.05) is 30.3 Å². The van der Waals surface area contributed by atoms with Crippen LogP contribution >= 0.6 is 0 Å². The monoisotopic (exact) mass is 333 g/mol. The van der Waals surface area contributed by atoms with Crippen LogP contribution in [-0.2, 0) is 6.42 Å². The van der Waals surface area contributed by atoms with Crippen molar-refractivity contribution >= 4 is 11.1 Å². The Morgan fingerprint density at radius 1 is 1.00 bits per heavy atom. The van der Waals surface area contributed by atoms with Gasteiger partial charge < -0.3 is 9.64 Å². The molecule has 0 aromatic heterocycles. The number of aryl methyl sites for hydroxylation is 1. The summed E-state index contributed by atoms with van der Waals surface area (Å²) in [5.74, 6) is 1.00. The molecule has 2 aromatic rings. The number of nitrogens with zero attached hydrogens (tertiary/aromatic N) is 1. The minimum atomic E-state index is 0.615. The van der Waals surface area contributed by atoms with E-state index < -0.39 is 0 Å². The van der Waals surface area contributed by atoms with E-state index in [2.05, 4.69) is 62.3 Å². The zero-order valence-electron chi connectivity index (χ0n) is 15.7. The van der Waals surface area contributed by atoms with Crippen LogP contribution in [0.4, 0.5) is 0 Å². The van der Waals surface area contributed by atoms with Crippen molar-refractivity contribution in [1.82, 2.24) is 4.90 Å². The molecule has 130 valence electrons. The summed E-state index contributed by atoms with van der Waals surface area (Å²) in [6.45, 7) is 2.15. The summed E-state index contributed by atoms with van der Waals surface area (Å²) >= 11 is 0. The molecule has 0 aliphatic heterocycles. The van der Waals surface area contributed by atoms with Crippen LogP contribution in [0, 0.1) is 6.92 Å². The maximum absolute atomic E-state index is 5.65. The van der Waals surface area contributed by atoms with Crippen LogP contribution in [0.2, 0.25) is 0 Å². The molecule has 2 nitrogen and oxygen atoms in total. The molecule has 0 N–H and O–H groups in total. The lowest BCUT2D eigenvalue weighted by atomic mass is 9.81. The highest BCUT2D eigenvalue weighted by Gasteiger charge is 2.29. The molecular weight excluding hydrogens is 306 g/mol. The lowest BCUT2D eigenvalue weighted by Gasteiger charge is -2.32. The van der Waals surface area contributed by atoms with Crippen LogP contribution in [-0.4, -0.2) is 32.1 Å². The maximum Gasteiger partial charge on any atom is 0.122 e. The molecule has 0 saturated carbocycles. The molecular formula is C23H27NO. The predicted molar refractivity (Wildman–Crippen MR) is 105 cm³/mol. The lowest BCUT2D eigenvalue weighted by molar-refractivity contribution is 0.281. The van der Waals surface area contributed by atoms with Crippen molar-refractivity contribution in [2.45, 2.75) is 38.6 Å². The van der Waals surface area contributed by atoms with Gasteiger partial charge in [0.05, 0.1) is 7.11 Å². The average molecular weight is 333 g/mol.